The Morgan fingerprint density at radius 1 is 1.37 bits per heavy atom. The average molecular weight is 263 g/mol. The van der Waals surface area contributed by atoms with Gasteiger partial charge in [0, 0.05) is 19.6 Å². The van der Waals surface area contributed by atoms with Gasteiger partial charge in [-0.2, -0.15) is 0 Å². The minimum absolute atomic E-state index is 0.576. The molecule has 19 heavy (non-hydrogen) atoms. The fraction of sp³-hybridized carbons (Fsp3) is 0.714. The van der Waals surface area contributed by atoms with E-state index in [0.717, 1.165) is 37.7 Å². The Hall–Kier alpha value is -1.36. The van der Waals surface area contributed by atoms with E-state index in [1.165, 1.54) is 12.8 Å². The van der Waals surface area contributed by atoms with E-state index in [1.54, 1.807) is 6.20 Å². The van der Waals surface area contributed by atoms with Crippen LogP contribution in [-0.4, -0.2) is 54.6 Å². The zero-order valence-electron chi connectivity index (χ0n) is 12.3. The second-order valence-corrected chi connectivity index (χ2v) is 5.33. The van der Waals surface area contributed by atoms with E-state index < -0.39 is 0 Å². The second-order valence-electron chi connectivity index (χ2n) is 5.33. The van der Waals surface area contributed by atoms with Crippen LogP contribution < -0.4 is 10.2 Å². The lowest BCUT2D eigenvalue weighted by Gasteiger charge is -2.35. The van der Waals surface area contributed by atoms with Gasteiger partial charge < -0.3 is 15.1 Å². The van der Waals surface area contributed by atoms with Crippen LogP contribution in [0.15, 0.2) is 12.4 Å². The van der Waals surface area contributed by atoms with Crippen LogP contribution in [0.5, 0.6) is 0 Å². The molecule has 0 amide bonds. The number of nitrogens with zero attached hydrogens (tertiary/aromatic N) is 4. The van der Waals surface area contributed by atoms with E-state index in [2.05, 4.69) is 46.1 Å². The molecule has 2 rings (SSSR count). The highest BCUT2D eigenvalue weighted by Crippen LogP contribution is 2.20. The summed E-state index contributed by atoms with van der Waals surface area (Å²) in [7, 11) is 4.31. The molecule has 2 heterocycles. The summed E-state index contributed by atoms with van der Waals surface area (Å²) in [6.45, 7) is 5.41. The molecule has 1 aliphatic heterocycles. The maximum Gasteiger partial charge on any atom is 0.149 e. The first-order valence-corrected chi connectivity index (χ1v) is 7.18. The van der Waals surface area contributed by atoms with E-state index in [1.807, 2.05) is 6.20 Å². The summed E-state index contributed by atoms with van der Waals surface area (Å²) in [6.07, 6.45) is 7.14. The number of rotatable bonds is 5. The SMILES string of the molecule is CCCNc1cncc(N(C)C2CCN(C)CC2)n1. The molecule has 1 saturated heterocycles. The number of piperidine rings is 1. The average Bonchev–Trinajstić information content (AvgIpc) is 2.45. The zero-order chi connectivity index (χ0) is 13.7. The molecule has 0 radical (unpaired) electrons. The van der Waals surface area contributed by atoms with Gasteiger partial charge in [-0.15, -0.1) is 0 Å². The number of hydrogen-bond donors (Lipinski definition) is 1. The molecule has 0 spiro atoms. The van der Waals surface area contributed by atoms with Crippen LogP contribution in [0.1, 0.15) is 26.2 Å². The summed E-state index contributed by atoms with van der Waals surface area (Å²) in [5.41, 5.74) is 0. The molecule has 0 atom stereocenters. The Morgan fingerprint density at radius 3 is 2.79 bits per heavy atom. The van der Waals surface area contributed by atoms with E-state index in [4.69, 9.17) is 0 Å². The lowest BCUT2D eigenvalue weighted by molar-refractivity contribution is 0.252. The molecular formula is C14H25N5. The smallest absolute Gasteiger partial charge is 0.149 e. The van der Waals surface area contributed by atoms with Crippen LogP contribution in [-0.2, 0) is 0 Å². The van der Waals surface area contributed by atoms with E-state index >= 15 is 0 Å². The minimum Gasteiger partial charge on any atom is -0.369 e. The lowest BCUT2D eigenvalue weighted by atomic mass is 10.0. The van der Waals surface area contributed by atoms with Gasteiger partial charge in [0.05, 0.1) is 12.4 Å². The van der Waals surface area contributed by atoms with Gasteiger partial charge in [0.15, 0.2) is 0 Å². The second kappa shape index (κ2) is 6.70. The van der Waals surface area contributed by atoms with Gasteiger partial charge in [-0.3, -0.25) is 4.98 Å². The predicted molar refractivity (Wildman–Crippen MR) is 79.7 cm³/mol. The molecule has 0 aromatic carbocycles. The van der Waals surface area contributed by atoms with Crippen molar-refractivity contribution in [2.45, 2.75) is 32.2 Å². The van der Waals surface area contributed by atoms with Crippen molar-refractivity contribution in [3.63, 3.8) is 0 Å². The number of anilines is 2. The van der Waals surface area contributed by atoms with Crippen LogP contribution in [0.3, 0.4) is 0 Å². The zero-order valence-corrected chi connectivity index (χ0v) is 12.3. The van der Waals surface area contributed by atoms with Crippen molar-refractivity contribution in [1.29, 1.82) is 0 Å². The van der Waals surface area contributed by atoms with Gasteiger partial charge in [-0.1, -0.05) is 6.92 Å². The molecule has 0 bridgehead atoms. The molecule has 1 fully saturated rings. The largest absolute Gasteiger partial charge is 0.369 e. The van der Waals surface area contributed by atoms with Crippen molar-refractivity contribution in [2.24, 2.45) is 0 Å². The first-order chi connectivity index (χ1) is 9.20. The summed E-state index contributed by atoms with van der Waals surface area (Å²) < 4.78 is 0. The summed E-state index contributed by atoms with van der Waals surface area (Å²) >= 11 is 0. The van der Waals surface area contributed by atoms with Gasteiger partial charge >= 0.3 is 0 Å². The third-order valence-electron chi connectivity index (χ3n) is 3.78. The fourth-order valence-electron chi connectivity index (χ4n) is 2.43. The molecule has 1 N–H and O–H groups in total. The molecule has 1 aliphatic rings. The highest BCUT2D eigenvalue weighted by molar-refractivity contribution is 5.44. The normalized spacial score (nSPS) is 17.4. The quantitative estimate of drug-likeness (QED) is 0.878. The molecule has 5 nitrogen and oxygen atoms in total. The van der Waals surface area contributed by atoms with Gasteiger partial charge in [0.1, 0.15) is 11.6 Å². The Morgan fingerprint density at radius 2 is 2.11 bits per heavy atom. The van der Waals surface area contributed by atoms with Crippen molar-refractivity contribution in [3.05, 3.63) is 12.4 Å². The van der Waals surface area contributed by atoms with Crippen molar-refractivity contribution in [3.8, 4) is 0 Å². The van der Waals surface area contributed by atoms with E-state index in [0.29, 0.717) is 6.04 Å². The van der Waals surface area contributed by atoms with Gasteiger partial charge in [-0.05, 0) is 39.4 Å². The molecule has 5 heteroatoms. The molecular weight excluding hydrogens is 238 g/mol. The Kier molecular flexibility index (Phi) is 4.96. The highest BCUT2D eigenvalue weighted by Gasteiger charge is 2.21. The predicted octanol–water partition coefficient (Wildman–Crippen LogP) is 1.83. The number of hydrogen-bond acceptors (Lipinski definition) is 5. The Balaban J connectivity index is 1.99. The fourth-order valence-corrected chi connectivity index (χ4v) is 2.43. The molecule has 0 saturated carbocycles. The summed E-state index contributed by atoms with van der Waals surface area (Å²) in [6, 6.07) is 0.576. The topological polar surface area (TPSA) is 44.3 Å². The first-order valence-electron chi connectivity index (χ1n) is 7.18. The number of likely N-dealkylation sites (tertiary alicyclic amines) is 1. The van der Waals surface area contributed by atoms with Crippen LogP contribution in [0, 0.1) is 0 Å². The summed E-state index contributed by atoms with van der Waals surface area (Å²) in [4.78, 5) is 13.6. The van der Waals surface area contributed by atoms with Crippen LogP contribution in [0.25, 0.3) is 0 Å². The Bertz CT molecular complexity index is 387. The molecule has 106 valence electrons. The standard InChI is InChI=1S/C14H25N5/c1-4-7-16-13-10-15-11-14(17-13)19(3)12-5-8-18(2)9-6-12/h10-12H,4-9H2,1-3H3,(H,16,17). The van der Waals surface area contributed by atoms with Crippen LogP contribution in [0.4, 0.5) is 11.6 Å². The van der Waals surface area contributed by atoms with Gasteiger partial charge in [0.25, 0.3) is 0 Å². The number of aromatic nitrogens is 2. The monoisotopic (exact) mass is 263 g/mol. The van der Waals surface area contributed by atoms with E-state index in [9.17, 15) is 0 Å². The first kappa shape index (κ1) is 14.1. The van der Waals surface area contributed by atoms with Crippen molar-refractivity contribution >= 4 is 11.6 Å². The minimum atomic E-state index is 0.576. The third-order valence-corrected chi connectivity index (χ3v) is 3.78. The third kappa shape index (κ3) is 3.80. The molecule has 1 aromatic rings. The van der Waals surface area contributed by atoms with Crippen molar-refractivity contribution in [1.82, 2.24) is 14.9 Å². The van der Waals surface area contributed by atoms with E-state index in [-0.39, 0.29) is 0 Å². The lowest BCUT2D eigenvalue weighted by Crippen LogP contribution is -2.42. The molecule has 0 unspecified atom stereocenters. The highest BCUT2D eigenvalue weighted by atomic mass is 15.2. The van der Waals surface area contributed by atoms with Gasteiger partial charge in [0.2, 0.25) is 0 Å². The molecule has 0 aliphatic carbocycles. The van der Waals surface area contributed by atoms with Gasteiger partial charge in [-0.25, -0.2) is 4.98 Å². The molecule has 1 aromatic heterocycles. The van der Waals surface area contributed by atoms with Crippen molar-refractivity contribution in [2.75, 3.05) is 43.9 Å². The Labute approximate surface area is 116 Å². The van der Waals surface area contributed by atoms with Crippen molar-refractivity contribution < 1.29 is 0 Å². The summed E-state index contributed by atoms with van der Waals surface area (Å²) in [5.74, 6) is 1.84. The number of nitrogens with one attached hydrogen (secondary N) is 1. The summed E-state index contributed by atoms with van der Waals surface area (Å²) in [5, 5.41) is 3.29. The maximum absolute atomic E-state index is 4.64. The van der Waals surface area contributed by atoms with Crippen LogP contribution >= 0.6 is 0 Å². The maximum atomic E-state index is 4.64. The van der Waals surface area contributed by atoms with Crippen LogP contribution in [0.2, 0.25) is 0 Å².